The maximum atomic E-state index is 12.0. The van der Waals surface area contributed by atoms with Crippen molar-refractivity contribution in [2.45, 2.75) is 51.1 Å². The van der Waals surface area contributed by atoms with E-state index >= 15 is 0 Å². The molecule has 0 aliphatic carbocycles. The summed E-state index contributed by atoms with van der Waals surface area (Å²) in [5, 5.41) is 40.1. The number of rotatable bonds is 25. The Balaban J connectivity index is 1.59. The van der Waals surface area contributed by atoms with Crippen molar-refractivity contribution < 1.29 is 77.5 Å². The van der Waals surface area contributed by atoms with E-state index in [4.69, 9.17) is 37.9 Å². The zero-order valence-electron chi connectivity index (χ0n) is 29.1. The van der Waals surface area contributed by atoms with E-state index in [2.05, 4.69) is 13.2 Å². The summed E-state index contributed by atoms with van der Waals surface area (Å²) in [6.07, 6.45) is -5.16. The predicted molar refractivity (Wildman–Crippen MR) is 182 cm³/mol. The maximum Gasteiger partial charge on any atom is 0.333 e. The second kappa shape index (κ2) is 23.3. The smallest absolute Gasteiger partial charge is 0.333 e. The number of esters is 4. The quantitative estimate of drug-likeness (QED) is 0.0644. The third-order valence-electron chi connectivity index (χ3n) is 6.30. The molecule has 4 unspecified atom stereocenters. The Hall–Kier alpha value is -5.16. The van der Waals surface area contributed by atoms with Crippen molar-refractivity contribution in [1.82, 2.24) is 0 Å². The second-order valence-electron chi connectivity index (χ2n) is 11.4. The third kappa shape index (κ3) is 18.7. The Morgan fingerprint density at radius 1 is 0.500 bits per heavy atom. The summed E-state index contributed by atoms with van der Waals surface area (Å²) in [5.74, 6) is -1.40. The van der Waals surface area contributed by atoms with Crippen LogP contribution in [0, 0.1) is 0 Å². The lowest BCUT2D eigenvalue weighted by atomic mass is 10.3. The van der Waals surface area contributed by atoms with Crippen LogP contribution in [-0.2, 0) is 38.1 Å². The Labute approximate surface area is 301 Å². The van der Waals surface area contributed by atoms with E-state index in [0.29, 0.717) is 23.0 Å². The van der Waals surface area contributed by atoms with Gasteiger partial charge in [0.2, 0.25) is 0 Å². The number of hydrogen-bond acceptors (Lipinski definition) is 16. The first-order chi connectivity index (χ1) is 24.7. The van der Waals surface area contributed by atoms with Crippen molar-refractivity contribution >= 4 is 23.9 Å². The van der Waals surface area contributed by atoms with Gasteiger partial charge in [0.1, 0.15) is 100 Å². The number of carbonyl (C=O) groups is 4. The predicted octanol–water partition coefficient (Wildman–Crippen LogP) is 1.45. The molecule has 2 aromatic carbocycles. The molecule has 0 fully saturated rings. The Bertz CT molecular complexity index is 1360. The van der Waals surface area contributed by atoms with Crippen LogP contribution in [0.1, 0.15) is 26.7 Å². The minimum absolute atomic E-state index is 0.158. The van der Waals surface area contributed by atoms with Crippen molar-refractivity contribution in [2.24, 2.45) is 0 Å². The number of benzene rings is 2. The number of aliphatic hydroxyl groups excluding tert-OH is 4. The molecule has 2 aromatic rings. The highest BCUT2D eigenvalue weighted by atomic mass is 16.6. The van der Waals surface area contributed by atoms with Crippen LogP contribution in [0.25, 0.3) is 0 Å². The van der Waals surface area contributed by atoms with Gasteiger partial charge < -0.3 is 58.3 Å². The fraction of sp³-hybridized carbons (Fsp3) is 0.444. The van der Waals surface area contributed by atoms with E-state index in [1.54, 1.807) is 36.4 Å². The SMILES string of the molecule is C=C(C)C(=O)OCC(O)COc1cccc(OCC(O)COC(=O)CCC(=O)OCC(O)COc2cccc(OCC(O)COC(=O)C(=C)C)c2)c1. The standard InChI is InChI=1S/C36H46O16/c1-23(2)35(43)51-21-27(39)17-47-31-9-5-7-29(13-31)45-15-25(37)19-49-33(41)11-12-34(42)50-20-26(38)16-46-30-8-6-10-32(14-30)48-18-28(40)22-52-36(44)24(3)4/h5-10,13-14,25-28,37-40H,1,3,11-12,15-22H2,2,4H3. The minimum Gasteiger partial charge on any atom is -0.491 e. The van der Waals surface area contributed by atoms with Crippen molar-refractivity contribution in [2.75, 3.05) is 52.9 Å². The number of carbonyl (C=O) groups excluding carboxylic acids is 4. The summed E-state index contributed by atoms with van der Waals surface area (Å²) in [6, 6.07) is 12.7. The summed E-state index contributed by atoms with van der Waals surface area (Å²) >= 11 is 0. The first-order valence-corrected chi connectivity index (χ1v) is 16.1. The van der Waals surface area contributed by atoms with Gasteiger partial charge in [-0.15, -0.1) is 0 Å². The molecule has 16 heteroatoms. The summed E-state index contributed by atoms with van der Waals surface area (Å²) in [5.41, 5.74) is 0.415. The highest BCUT2D eigenvalue weighted by molar-refractivity contribution is 5.87. The average molecular weight is 735 g/mol. The monoisotopic (exact) mass is 734 g/mol. The molecule has 0 aliphatic rings. The van der Waals surface area contributed by atoms with Crippen molar-refractivity contribution in [1.29, 1.82) is 0 Å². The molecule has 16 nitrogen and oxygen atoms in total. The summed E-state index contributed by atoms with van der Waals surface area (Å²) in [6.45, 7) is 7.78. The minimum atomic E-state index is -1.18. The van der Waals surface area contributed by atoms with Crippen LogP contribution in [-0.4, -0.2) is 122 Å². The van der Waals surface area contributed by atoms with E-state index < -0.39 is 61.5 Å². The Kier molecular flexibility index (Phi) is 19.3. The second-order valence-corrected chi connectivity index (χ2v) is 11.4. The lowest BCUT2D eigenvalue weighted by Gasteiger charge is -2.15. The molecule has 0 radical (unpaired) electrons. The van der Waals surface area contributed by atoms with E-state index in [1.165, 1.54) is 26.0 Å². The van der Waals surface area contributed by atoms with Gasteiger partial charge in [-0.1, -0.05) is 25.3 Å². The molecule has 0 saturated heterocycles. The summed E-state index contributed by atoms with van der Waals surface area (Å²) < 4.78 is 41.6. The molecule has 0 aliphatic heterocycles. The molecule has 4 atom stereocenters. The van der Waals surface area contributed by atoms with Gasteiger partial charge in [0.25, 0.3) is 0 Å². The van der Waals surface area contributed by atoms with Crippen molar-refractivity contribution in [3.8, 4) is 23.0 Å². The van der Waals surface area contributed by atoms with Crippen LogP contribution < -0.4 is 18.9 Å². The zero-order chi connectivity index (χ0) is 38.5. The molecule has 0 saturated carbocycles. The average Bonchev–Trinajstić information content (AvgIpc) is 3.13. The van der Waals surface area contributed by atoms with Crippen molar-refractivity contribution in [3.05, 3.63) is 72.8 Å². The normalized spacial score (nSPS) is 13.0. The van der Waals surface area contributed by atoms with Gasteiger partial charge in [-0.3, -0.25) is 9.59 Å². The van der Waals surface area contributed by atoms with E-state index in [-0.39, 0.29) is 63.6 Å². The van der Waals surface area contributed by atoms with Gasteiger partial charge in [0.15, 0.2) is 0 Å². The first-order valence-electron chi connectivity index (χ1n) is 16.1. The van der Waals surface area contributed by atoms with E-state index in [9.17, 15) is 39.6 Å². The lowest BCUT2D eigenvalue weighted by Crippen LogP contribution is -2.26. The van der Waals surface area contributed by atoms with Crippen LogP contribution in [0.15, 0.2) is 72.8 Å². The highest BCUT2D eigenvalue weighted by Gasteiger charge is 2.16. The van der Waals surface area contributed by atoms with Gasteiger partial charge in [-0.05, 0) is 38.1 Å². The molecule has 0 spiro atoms. The molecular formula is C36H46O16. The first kappa shape index (κ1) is 43.0. The van der Waals surface area contributed by atoms with Gasteiger partial charge in [-0.25, -0.2) is 9.59 Å². The summed E-state index contributed by atoms with van der Waals surface area (Å²) in [4.78, 5) is 46.9. The van der Waals surface area contributed by atoms with Gasteiger partial charge in [-0.2, -0.15) is 0 Å². The van der Waals surface area contributed by atoms with Gasteiger partial charge in [0.05, 0.1) is 12.8 Å². The van der Waals surface area contributed by atoms with E-state index in [1.807, 2.05) is 0 Å². The largest absolute Gasteiger partial charge is 0.491 e. The molecule has 0 bridgehead atoms. The molecule has 0 heterocycles. The van der Waals surface area contributed by atoms with Gasteiger partial charge in [0, 0.05) is 23.3 Å². The topological polar surface area (TPSA) is 223 Å². The highest BCUT2D eigenvalue weighted by Crippen LogP contribution is 2.21. The van der Waals surface area contributed by atoms with Gasteiger partial charge >= 0.3 is 23.9 Å². The van der Waals surface area contributed by atoms with Crippen LogP contribution >= 0.6 is 0 Å². The Morgan fingerprint density at radius 3 is 1.04 bits per heavy atom. The molecule has 52 heavy (non-hydrogen) atoms. The summed E-state index contributed by atoms with van der Waals surface area (Å²) in [7, 11) is 0. The lowest BCUT2D eigenvalue weighted by molar-refractivity contribution is -0.153. The molecular weight excluding hydrogens is 688 g/mol. The third-order valence-corrected chi connectivity index (χ3v) is 6.30. The van der Waals surface area contributed by atoms with E-state index in [0.717, 1.165) is 0 Å². The Morgan fingerprint density at radius 2 is 0.769 bits per heavy atom. The molecule has 0 aromatic heterocycles. The van der Waals surface area contributed by atoms with Crippen LogP contribution in [0.4, 0.5) is 0 Å². The fourth-order valence-electron chi connectivity index (χ4n) is 3.59. The molecule has 2 rings (SSSR count). The molecule has 0 amide bonds. The number of hydrogen-bond donors (Lipinski definition) is 4. The maximum absolute atomic E-state index is 12.0. The zero-order valence-corrected chi connectivity index (χ0v) is 29.1. The molecule has 286 valence electrons. The number of ether oxygens (including phenoxy) is 8. The van der Waals surface area contributed by atoms with Crippen LogP contribution in [0.2, 0.25) is 0 Å². The fourth-order valence-corrected chi connectivity index (χ4v) is 3.59. The number of aliphatic hydroxyl groups is 4. The molecule has 4 N–H and O–H groups in total. The van der Waals surface area contributed by atoms with Crippen LogP contribution in [0.5, 0.6) is 23.0 Å². The van der Waals surface area contributed by atoms with Crippen molar-refractivity contribution in [3.63, 3.8) is 0 Å². The van der Waals surface area contributed by atoms with Crippen LogP contribution in [0.3, 0.4) is 0 Å².